The summed E-state index contributed by atoms with van der Waals surface area (Å²) in [5.41, 5.74) is 2.72. The van der Waals surface area contributed by atoms with Crippen LogP contribution in [0.15, 0.2) is 47.2 Å². The molecule has 6 nitrogen and oxygen atoms in total. The molecular weight excluding hydrogens is 344 g/mol. The predicted molar refractivity (Wildman–Crippen MR) is 93.7 cm³/mol. The van der Waals surface area contributed by atoms with Gasteiger partial charge in [-0.25, -0.2) is 9.78 Å². The lowest BCUT2D eigenvalue weighted by Crippen LogP contribution is -2.30. The number of fused-ring (bicyclic) bond motifs is 1. The van der Waals surface area contributed by atoms with Crippen molar-refractivity contribution in [1.29, 1.82) is 0 Å². The zero-order chi connectivity index (χ0) is 18.0. The van der Waals surface area contributed by atoms with Crippen LogP contribution in [0.3, 0.4) is 0 Å². The standard InChI is InChI=1S/C18H15ClN2O4/c1-10-13(19)4-3-5-14(10)21-17(22)11(2)25-18(23)12-6-7-16-15(8-12)20-9-24-16/h3-9,11H,1-2H3,(H,21,22). The Labute approximate surface area is 148 Å². The quantitative estimate of drug-likeness (QED) is 0.713. The van der Waals surface area contributed by atoms with Crippen LogP contribution < -0.4 is 5.32 Å². The van der Waals surface area contributed by atoms with Gasteiger partial charge in [-0.15, -0.1) is 0 Å². The first-order valence-electron chi connectivity index (χ1n) is 7.56. The number of carbonyl (C=O) groups excluding carboxylic acids is 2. The van der Waals surface area contributed by atoms with Crippen molar-refractivity contribution in [2.75, 3.05) is 5.32 Å². The van der Waals surface area contributed by atoms with E-state index in [0.717, 1.165) is 5.56 Å². The van der Waals surface area contributed by atoms with Gasteiger partial charge in [0.2, 0.25) is 0 Å². The highest BCUT2D eigenvalue weighted by atomic mass is 35.5. The van der Waals surface area contributed by atoms with Crippen molar-refractivity contribution < 1.29 is 18.7 Å². The molecule has 1 aromatic heterocycles. The van der Waals surface area contributed by atoms with Gasteiger partial charge in [0.25, 0.3) is 5.91 Å². The number of rotatable bonds is 4. The van der Waals surface area contributed by atoms with Gasteiger partial charge in [0.05, 0.1) is 5.56 Å². The maximum atomic E-state index is 12.3. The number of amides is 1. The van der Waals surface area contributed by atoms with Gasteiger partial charge >= 0.3 is 5.97 Å². The van der Waals surface area contributed by atoms with Crippen molar-refractivity contribution in [2.45, 2.75) is 20.0 Å². The van der Waals surface area contributed by atoms with Gasteiger partial charge in [0.1, 0.15) is 5.52 Å². The molecule has 2 aromatic carbocycles. The summed E-state index contributed by atoms with van der Waals surface area (Å²) in [6.45, 7) is 3.30. The van der Waals surface area contributed by atoms with E-state index in [-0.39, 0.29) is 0 Å². The molecular formula is C18H15ClN2O4. The Hall–Kier alpha value is -2.86. The molecule has 1 unspecified atom stereocenters. The smallest absolute Gasteiger partial charge is 0.338 e. The molecule has 1 atom stereocenters. The minimum Gasteiger partial charge on any atom is -0.449 e. The molecule has 25 heavy (non-hydrogen) atoms. The lowest BCUT2D eigenvalue weighted by molar-refractivity contribution is -0.123. The van der Waals surface area contributed by atoms with Crippen LogP contribution in [-0.4, -0.2) is 23.0 Å². The molecule has 0 spiro atoms. The average molecular weight is 359 g/mol. The van der Waals surface area contributed by atoms with E-state index in [1.54, 1.807) is 43.3 Å². The van der Waals surface area contributed by atoms with E-state index in [2.05, 4.69) is 10.3 Å². The number of esters is 1. The molecule has 0 radical (unpaired) electrons. The Morgan fingerprint density at radius 3 is 2.88 bits per heavy atom. The van der Waals surface area contributed by atoms with Crippen molar-refractivity contribution in [3.05, 3.63) is 58.9 Å². The summed E-state index contributed by atoms with van der Waals surface area (Å²) in [7, 11) is 0. The first-order valence-corrected chi connectivity index (χ1v) is 7.93. The van der Waals surface area contributed by atoms with Gasteiger partial charge < -0.3 is 14.5 Å². The number of hydrogen-bond donors (Lipinski definition) is 1. The number of aromatic nitrogens is 1. The number of ether oxygens (including phenoxy) is 1. The second-order valence-corrected chi connectivity index (χ2v) is 5.89. The summed E-state index contributed by atoms with van der Waals surface area (Å²) in [4.78, 5) is 28.5. The van der Waals surface area contributed by atoms with E-state index < -0.39 is 18.0 Å². The summed E-state index contributed by atoms with van der Waals surface area (Å²) >= 11 is 6.03. The van der Waals surface area contributed by atoms with Crippen molar-refractivity contribution in [3.63, 3.8) is 0 Å². The zero-order valence-corrected chi connectivity index (χ0v) is 14.3. The van der Waals surface area contributed by atoms with Crippen LogP contribution in [0.4, 0.5) is 5.69 Å². The van der Waals surface area contributed by atoms with E-state index >= 15 is 0 Å². The Bertz CT molecular complexity index is 951. The first kappa shape index (κ1) is 17.0. The number of carbonyl (C=O) groups is 2. The summed E-state index contributed by atoms with van der Waals surface area (Å²) in [6, 6.07) is 9.92. The number of oxazole rings is 1. The van der Waals surface area contributed by atoms with Crippen LogP contribution in [0.2, 0.25) is 5.02 Å². The largest absolute Gasteiger partial charge is 0.449 e. The van der Waals surface area contributed by atoms with Crippen LogP contribution in [0.1, 0.15) is 22.8 Å². The minimum atomic E-state index is -0.973. The zero-order valence-electron chi connectivity index (χ0n) is 13.6. The van der Waals surface area contributed by atoms with Gasteiger partial charge in [-0.3, -0.25) is 4.79 Å². The number of halogens is 1. The first-order chi connectivity index (χ1) is 12.0. The maximum absolute atomic E-state index is 12.3. The van der Waals surface area contributed by atoms with E-state index in [1.165, 1.54) is 13.3 Å². The van der Waals surface area contributed by atoms with Crippen LogP contribution >= 0.6 is 11.6 Å². The lowest BCUT2D eigenvalue weighted by atomic mass is 10.2. The Kier molecular flexibility index (Phi) is 4.72. The Morgan fingerprint density at radius 2 is 2.08 bits per heavy atom. The highest BCUT2D eigenvalue weighted by Gasteiger charge is 2.20. The van der Waals surface area contributed by atoms with Gasteiger partial charge in [0, 0.05) is 10.7 Å². The molecule has 0 aliphatic carbocycles. The van der Waals surface area contributed by atoms with Crippen molar-refractivity contribution in [3.8, 4) is 0 Å². The second kappa shape index (κ2) is 6.94. The number of benzene rings is 2. The molecule has 7 heteroatoms. The fourth-order valence-electron chi connectivity index (χ4n) is 2.24. The summed E-state index contributed by atoms with van der Waals surface area (Å²) in [5, 5.41) is 3.25. The fraction of sp³-hybridized carbons (Fsp3) is 0.167. The van der Waals surface area contributed by atoms with Crippen LogP contribution in [0.25, 0.3) is 11.1 Å². The minimum absolute atomic E-state index is 0.292. The van der Waals surface area contributed by atoms with E-state index in [1.807, 2.05) is 0 Å². The lowest BCUT2D eigenvalue weighted by Gasteiger charge is -2.15. The Balaban J connectivity index is 1.68. The van der Waals surface area contributed by atoms with Gasteiger partial charge in [0.15, 0.2) is 18.1 Å². The number of hydrogen-bond acceptors (Lipinski definition) is 5. The van der Waals surface area contributed by atoms with E-state index in [4.69, 9.17) is 20.8 Å². The average Bonchev–Trinajstić information content (AvgIpc) is 3.06. The Morgan fingerprint density at radius 1 is 1.28 bits per heavy atom. The molecule has 1 heterocycles. The summed E-state index contributed by atoms with van der Waals surface area (Å²) in [5.74, 6) is -1.06. The molecule has 3 rings (SSSR count). The molecule has 0 fully saturated rings. The third-order valence-corrected chi connectivity index (χ3v) is 4.15. The van der Waals surface area contributed by atoms with Crippen LogP contribution in [0, 0.1) is 6.92 Å². The normalized spacial score (nSPS) is 12.0. The van der Waals surface area contributed by atoms with E-state index in [0.29, 0.717) is 27.4 Å². The molecule has 0 saturated heterocycles. The topological polar surface area (TPSA) is 81.4 Å². The maximum Gasteiger partial charge on any atom is 0.338 e. The number of nitrogens with one attached hydrogen (secondary N) is 1. The monoisotopic (exact) mass is 358 g/mol. The molecule has 128 valence electrons. The highest BCUT2D eigenvalue weighted by molar-refractivity contribution is 6.31. The van der Waals surface area contributed by atoms with Gasteiger partial charge in [-0.1, -0.05) is 17.7 Å². The van der Waals surface area contributed by atoms with E-state index in [9.17, 15) is 9.59 Å². The van der Waals surface area contributed by atoms with Crippen molar-refractivity contribution >= 4 is 40.3 Å². The molecule has 1 N–H and O–H groups in total. The second-order valence-electron chi connectivity index (χ2n) is 5.48. The molecule has 0 bridgehead atoms. The highest BCUT2D eigenvalue weighted by Crippen LogP contribution is 2.23. The predicted octanol–water partition coefficient (Wildman–Crippen LogP) is 3.97. The fourth-order valence-corrected chi connectivity index (χ4v) is 2.42. The molecule has 0 saturated carbocycles. The van der Waals surface area contributed by atoms with Crippen molar-refractivity contribution in [1.82, 2.24) is 4.98 Å². The van der Waals surface area contributed by atoms with Crippen LogP contribution in [-0.2, 0) is 9.53 Å². The summed E-state index contributed by atoms with van der Waals surface area (Å²) in [6.07, 6.45) is 0.322. The molecule has 1 amide bonds. The summed E-state index contributed by atoms with van der Waals surface area (Å²) < 4.78 is 10.3. The SMILES string of the molecule is Cc1c(Cl)cccc1NC(=O)C(C)OC(=O)c1ccc2ocnc2c1. The van der Waals surface area contributed by atoms with Crippen LogP contribution in [0.5, 0.6) is 0 Å². The molecule has 0 aliphatic rings. The van der Waals surface area contributed by atoms with Gasteiger partial charge in [-0.2, -0.15) is 0 Å². The molecule has 0 aliphatic heterocycles. The third-order valence-electron chi connectivity index (χ3n) is 3.74. The number of anilines is 1. The third kappa shape index (κ3) is 3.64. The molecule has 3 aromatic rings. The number of nitrogens with zero attached hydrogens (tertiary/aromatic N) is 1. The van der Waals surface area contributed by atoms with Crippen molar-refractivity contribution in [2.24, 2.45) is 0 Å². The van der Waals surface area contributed by atoms with Gasteiger partial charge in [-0.05, 0) is 49.7 Å².